The van der Waals surface area contributed by atoms with Gasteiger partial charge in [-0.1, -0.05) is 18.7 Å². The van der Waals surface area contributed by atoms with Crippen molar-refractivity contribution in [1.82, 2.24) is 9.97 Å². The minimum Gasteiger partial charge on any atom is -0.231 e. The molecule has 3 nitrogen and oxygen atoms in total. The molecule has 1 rings (SSSR count). The van der Waals surface area contributed by atoms with Crippen LogP contribution in [-0.4, -0.2) is 15.2 Å². The number of aromatic nitrogens is 2. The van der Waals surface area contributed by atoms with E-state index < -0.39 is 0 Å². The highest BCUT2D eigenvalue weighted by molar-refractivity contribution is 7.99. The third kappa shape index (κ3) is 2.89. The Morgan fingerprint density at radius 1 is 1.58 bits per heavy atom. The molecule has 4 heteroatoms. The minimum absolute atomic E-state index is 0.261. The maximum atomic E-state index is 8.41. The van der Waals surface area contributed by atoms with Crippen LogP contribution in [-0.2, 0) is 0 Å². The van der Waals surface area contributed by atoms with Gasteiger partial charge in [0.1, 0.15) is 0 Å². The Labute approximate surface area is 75.8 Å². The molecule has 0 radical (unpaired) electrons. The number of thioether (sulfide) groups is 1. The van der Waals surface area contributed by atoms with Crippen molar-refractivity contribution >= 4 is 11.8 Å². The fourth-order valence-electron chi connectivity index (χ4n) is 0.696. The van der Waals surface area contributed by atoms with Gasteiger partial charge in [-0.2, -0.15) is 5.26 Å². The molecule has 1 heterocycles. The van der Waals surface area contributed by atoms with Crippen molar-refractivity contribution in [3.63, 3.8) is 0 Å². The zero-order valence-electron chi connectivity index (χ0n) is 6.77. The molecule has 1 atom stereocenters. The van der Waals surface area contributed by atoms with E-state index in [4.69, 9.17) is 5.26 Å². The Balaban J connectivity index is 2.48. The van der Waals surface area contributed by atoms with Crippen LogP contribution in [0.4, 0.5) is 0 Å². The molecular weight excluding hydrogens is 170 g/mol. The van der Waals surface area contributed by atoms with Crippen molar-refractivity contribution in [3.8, 4) is 6.07 Å². The predicted molar refractivity (Wildman–Crippen MR) is 47.6 cm³/mol. The fourth-order valence-corrected chi connectivity index (χ4v) is 1.46. The Morgan fingerprint density at radius 3 is 2.83 bits per heavy atom. The third-order valence-corrected chi connectivity index (χ3v) is 2.22. The van der Waals surface area contributed by atoms with E-state index in [1.165, 1.54) is 11.8 Å². The largest absolute Gasteiger partial charge is 0.231 e. The van der Waals surface area contributed by atoms with E-state index in [-0.39, 0.29) is 5.25 Å². The third-order valence-electron chi connectivity index (χ3n) is 1.23. The van der Waals surface area contributed by atoms with Crippen LogP contribution in [0.2, 0.25) is 0 Å². The molecular formula is C8H9N3S. The second-order valence-electron chi connectivity index (χ2n) is 2.32. The Hall–Kier alpha value is -1.08. The summed E-state index contributed by atoms with van der Waals surface area (Å²) < 4.78 is 0. The monoisotopic (exact) mass is 179 g/mol. The maximum absolute atomic E-state index is 8.41. The highest BCUT2D eigenvalue weighted by atomic mass is 32.2. The van der Waals surface area contributed by atoms with Gasteiger partial charge in [-0.05, 0) is 6.07 Å². The van der Waals surface area contributed by atoms with Crippen molar-refractivity contribution in [3.05, 3.63) is 18.5 Å². The first-order valence-electron chi connectivity index (χ1n) is 3.63. The summed E-state index contributed by atoms with van der Waals surface area (Å²) in [4.78, 5) is 8.09. The van der Waals surface area contributed by atoms with E-state index in [1.807, 2.05) is 6.92 Å². The summed E-state index contributed by atoms with van der Waals surface area (Å²) in [5, 5.41) is 9.41. The number of nitrogens with zero attached hydrogens (tertiary/aromatic N) is 3. The standard InChI is InChI=1S/C8H9N3S/c1-7(3-4-9)12-8-10-5-2-6-11-8/h2,5-7H,3H2,1H3. The van der Waals surface area contributed by atoms with Gasteiger partial charge in [0.25, 0.3) is 0 Å². The molecule has 0 spiro atoms. The average Bonchev–Trinajstić information content (AvgIpc) is 2.06. The molecule has 0 N–H and O–H groups in total. The van der Waals surface area contributed by atoms with Crippen LogP contribution < -0.4 is 0 Å². The zero-order valence-corrected chi connectivity index (χ0v) is 7.58. The molecule has 0 bridgehead atoms. The molecule has 0 fully saturated rings. The SMILES string of the molecule is CC(CC#N)Sc1ncccn1. The quantitative estimate of drug-likeness (QED) is 0.525. The molecule has 12 heavy (non-hydrogen) atoms. The van der Waals surface area contributed by atoms with Gasteiger partial charge in [-0.3, -0.25) is 0 Å². The molecule has 0 aliphatic heterocycles. The zero-order chi connectivity index (χ0) is 8.81. The van der Waals surface area contributed by atoms with Crippen molar-refractivity contribution < 1.29 is 0 Å². The molecule has 1 unspecified atom stereocenters. The average molecular weight is 179 g/mol. The Kier molecular flexibility index (Phi) is 3.55. The Bertz CT molecular complexity index is 267. The molecule has 0 amide bonds. The molecule has 1 aromatic rings. The lowest BCUT2D eigenvalue weighted by Gasteiger charge is -2.03. The van der Waals surface area contributed by atoms with Crippen molar-refractivity contribution in [2.45, 2.75) is 23.8 Å². The summed E-state index contributed by atoms with van der Waals surface area (Å²) in [6, 6.07) is 3.89. The summed E-state index contributed by atoms with van der Waals surface area (Å²) in [7, 11) is 0. The van der Waals surface area contributed by atoms with Crippen LogP contribution in [0, 0.1) is 11.3 Å². The second-order valence-corrected chi connectivity index (χ2v) is 3.73. The smallest absolute Gasteiger partial charge is 0.187 e. The number of hydrogen-bond acceptors (Lipinski definition) is 4. The van der Waals surface area contributed by atoms with E-state index >= 15 is 0 Å². The van der Waals surface area contributed by atoms with E-state index in [9.17, 15) is 0 Å². The van der Waals surface area contributed by atoms with E-state index in [1.54, 1.807) is 18.5 Å². The van der Waals surface area contributed by atoms with Crippen molar-refractivity contribution in [2.75, 3.05) is 0 Å². The predicted octanol–water partition coefficient (Wildman–Crippen LogP) is 1.87. The Morgan fingerprint density at radius 2 is 2.25 bits per heavy atom. The summed E-state index contributed by atoms with van der Waals surface area (Å²) >= 11 is 1.52. The summed E-state index contributed by atoms with van der Waals surface area (Å²) in [5.41, 5.74) is 0. The summed E-state index contributed by atoms with van der Waals surface area (Å²) in [6.45, 7) is 1.99. The molecule has 62 valence electrons. The van der Waals surface area contributed by atoms with Gasteiger partial charge in [0.15, 0.2) is 5.16 Å². The van der Waals surface area contributed by atoms with Crippen LogP contribution in [0.1, 0.15) is 13.3 Å². The molecule has 0 aliphatic rings. The molecule has 1 aromatic heterocycles. The highest BCUT2D eigenvalue weighted by Gasteiger charge is 2.04. The minimum atomic E-state index is 0.261. The lowest BCUT2D eigenvalue weighted by molar-refractivity contribution is 0.931. The highest BCUT2D eigenvalue weighted by Crippen LogP contribution is 2.19. The lowest BCUT2D eigenvalue weighted by Crippen LogP contribution is -1.95. The normalized spacial score (nSPS) is 12.0. The number of rotatable bonds is 3. The van der Waals surface area contributed by atoms with Gasteiger partial charge in [0.2, 0.25) is 0 Å². The van der Waals surface area contributed by atoms with E-state index in [0.717, 1.165) is 5.16 Å². The van der Waals surface area contributed by atoms with E-state index in [2.05, 4.69) is 16.0 Å². The summed E-state index contributed by atoms with van der Waals surface area (Å²) in [6.07, 6.45) is 3.94. The topological polar surface area (TPSA) is 49.6 Å². The first kappa shape index (κ1) is 9.01. The summed E-state index contributed by atoms with van der Waals surface area (Å²) in [5.74, 6) is 0. The van der Waals surface area contributed by atoms with Gasteiger partial charge >= 0.3 is 0 Å². The van der Waals surface area contributed by atoms with Crippen LogP contribution in [0.5, 0.6) is 0 Å². The van der Waals surface area contributed by atoms with E-state index in [0.29, 0.717) is 6.42 Å². The van der Waals surface area contributed by atoms with Gasteiger partial charge in [-0.25, -0.2) is 9.97 Å². The molecule has 0 saturated heterocycles. The first-order valence-corrected chi connectivity index (χ1v) is 4.51. The van der Waals surface area contributed by atoms with Gasteiger partial charge in [-0.15, -0.1) is 0 Å². The lowest BCUT2D eigenvalue weighted by atomic mass is 10.4. The van der Waals surface area contributed by atoms with Crippen molar-refractivity contribution in [1.29, 1.82) is 5.26 Å². The molecule has 0 aromatic carbocycles. The second kappa shape index (κ2) is 4.73. The van der Waals surface area contributed by atoms with Crippen LogP contribution in [0.15, 0.2) is 23.6 Å². The molecule has 0 aliphatic carbocycles. The number of nitriles is 1. The van der Waals surface area contributed by atoms with Gasteiger partial charge in [0.05, 0.1) is 6.07 Å². The van der Waals surface area contributed by atoms with Gasteiger partial charge in [0, 0.05) is 24.1 Å². The van der Waals surface area contributed by atoms with Crippen molar-refractivity contribution in [2.24, 2.45) is 0 Å². The van der Waals surface area contributed by atoms with Gasteiger partial charge < -0.3 is 0 Å². The van der Waals surface area contributed by atoms with Crippen LogP contribution >= 0.6 is 11.8 Å². The van der Waals surface area contributed by atoms with Crippen LogP contribution in [0.3, 0.4) is 0 Å². The maximum Gasteiger partial charge on any atom is 0.187 e. The molecule has 0 saturated carbocycles. The van der Waals surface area contributed by atoms with Crippen LogP contribution in [0.25, 0.3) is 0 Å². The fraction of sp³-hybridized carbons (Fsp3) is 0.375. The first-order chi connectivity index (χ1) is 5.83. The number of hydrogen-bond donors (Lipinski definition) is 0.